The Balaban J connectivity index is 2.77. The molecular weight excluding hydrogens is 277 g/mol. The predicted octanol–water partition coefficient (Wildman–Crippen LogP) is 1.58. The van der Waals surface area contributed by atoms with Crippen LogP contribution < -0.4 is 5.32 Å². The summed E-state index contributed by atoms with van der Waals surface area (Å²) in [5, 5.41) is 10.9. The van der Waals surface area contributed by atoms with Crippen LogP contribution in [0.3, 0.4) is 0 Å². The predicted molar refractivity (Wildman–Crippen MR) is 60.7 cm³/mol. The number of allylic oxidation sites excluding steroid dienone is 4. The maximum Gasteiger partial charge on any atom is 0.416 e. The van der Waals surface area contributed by atoms with Gasteiger partial charge in [0.1, 0.15) is 0 Å². The van der Waals surface area contributed by atoms with Gasteiger partial charge in [0, 0.05) is 19.0 Å². The zero-order chi connectivity index (χ0) is 15.3. The molecule has 0 aromatic rings. The van der Waals surface area contributed by atoms with Crippen LogP contribution in [0, 0.1) is 17.2 Å². The van der Waals surface area contributed by atoms with E-state index in [1.165, 1.54) is 0 Å². The first-order valence-corrected chi connectivity index (χ1v) is 5.54. The minimum absolute atomic E-state index is 0.0384. The lowest BCUT2D eigenvalue weighted by Crippen LogP contribution is -2.30. The highest BCUT2D eigenvalue weighted by molar-refractivity contribution is 5.81. The molecule has 0 spiro atoms. The number of nitriles is 1. The standard InChI is InChI=1S/C12H11F3N2O3/c1-7(18)20-6-11(19)17-10-3-8(5-16)2-9(4-10)12(13,14)15/h2,4,8H,3,6H2,1H3,(H,17,19). The Morgan fingerprint density at radius 2 is 2.20 bits per heavy atom. The van der Waals surface area contributed by atoms with E-state index in [1.54, 1.807) is 6.07 Å². The van der Waals surface area contributed by atoms with Crippen LogP contribution in [0.25, 0.3) is 0 Å². The van der Waals surface area contributed by atoms with Crippen molar-refractivity contribution in [2.45, 2.75) is 19.5 Å². The molecule has 108 valence electrons. The Labute approximate surface area is 112 Å². The van der Waals surface area contributed by atoms with E-state index in [9.17, 15) is 22.8 Å². The summed E-state index contributed by atoms with van der Waals surface area (Å²) in [6.45, 7) is 0.512. The Hall–Kier alpha value is -2.30. The van der Waals surface area contributed by atoms with Crippen molar-refractivity contribution in [3.63, 3.8) is 0 Å². The van der Waals surface area contributed by atoms with Gasteiger partial charge in [0.25, 0.3) is 5.91 Å². The Morgan fingerprint density at radius 3 is 2.70 bits per heavy atom. The van der Waals surface area contributed by atoms with Crippen molar-refractivity contribution in [1.29, 1.82) is 5.26 Å². The van der Waals surface area contributed by atoms with Crippen LogP contribution in [0.4, 0.5) is 13.2 Å². The lowest BCUT2D eigenvalue weighted by molar-refractivity contribution is -0.146. The third kappa shape index (κ3) is 4.76. The Bertz CT molecular complexity index is 515. The minimum atomic E-state index is -4.60. The highest BCUT2D eigenvalue weighted by Gasteiger charge is 2.35. The van der Waals surface area contributed by atoms with Gasteiger partial charge >= 0.3 is 12.1 Å². The number of carbonyl (C=O) groups excluding carboxylic acids is 2. The van der Waals surface area contributed by atoms with Crippen LogP contribution >= 0.6 is 0 Å². The van der Waals surface area contributed by atoms with E-state index in [0.29, 0.717) is 0 Å². The van der Waals surface area contributed by atoms with E-state index in [0.717, 1.165) is 19.1 Å². The van der Waals surface area contributed by atoms with Crippen molar-refractivity contribution >= 4 is 11.9 Å². The third-order valence-corrected chi connectivity index (χ3v) is 2.35. The number of esters is 1. The molecule has 1 rings (SSSR count). The van der Waals surface area contributed by atoms with Crippen LogP contribution in [-0.2, 0) is 14.3 Å². The Morgan fingerprint density at radius 1 is 1.55 bits per heavy atom. The largest absolute Gasteiger partial charge is 0.456 e. The molecule has 20 heavy (non-hydrogen) atoms. The fourth-order valence-electron chi connectivity index (χ4n) is 1.54. The first kappa shape index (κ1) is 15.8. The topological polar surface area (TPSA) is 79.2 Å². The van der Waals surface area contributed by atoms with E-state index >= 15 is 0 Å². The van der Waals surface area contributed by atoms with Crippen molar-refractivity contribution in [3.8, 4) is 6.07 Å². The molecule has 1 aliphatic rings. The molecule has 0 aromatic heterocycles. The molecule has 0 radical (unpaired) electrons. The van der Waals surface area contributed by atoms with Crippen molar-refractivity contribution in [2.75, 3.05) is 6.61 Å². The lowest BCUT2D eigenvalue weighted by Gasteiger charge is -2.19. The van der Waals surface area contributed by atoms with Crippen LogP contribution in [0.2, 0.25) is 0 Å². The van der Waals surface area contributed by atoms with Gasteiger partial charge < -0.3 is 10.1 Å². The molecule has 0 saturated carbocycles. The van der Waals surface area contributed by atoms with Crippen LogP contribution in [0.5, 0.6) is 0 Å². The van der Waals surface area contributed by atoms with E-state index < -0.39 is 36.2 Å². The number of alkyl halides is 3. The number of carbonyl (C=O) groups is 2. The molecule has 1 aliphatic carbocycles. The molecule has 0 saturated heterocycles. The number of nitrogens with one attached hydrogen (secondary N) is 1. The van der Waals surface area contributed by atoms with Gasteiger partial charge in [-0.25, -0.2) is 0 Å². The number of hydrogen-bond acceptors (Lipinski definition) is 4. The molecule has 5 nitrogen and oxygen atoms in total. The van der Waals surface area contributed by atoms with Gasteiger partial charge in [-0.2, -0.15) is 18.4 Å². The van der Waals surface area contributed by atoms with E-state index in [-0.39, 0.29) is 12.1 Å². The summed E-state index contributed by atoms with van der Waals surface area (Å²) in [5.74, 6) is -2.41. The highest BCUT2D eigenvalue weighted by atomic mass is 19.4. The molecule has 1 amide bonds. The monoisotopic (exact) mass is 288 g/mol. The first-order valence-electron chi connectivity index (χ1n) is 5.54. The summed E-state index contributed by atoms with van der Waals surface area (Å²) in [7, 11) is 0. The van der Waals surface area contributed by atoms with Crippen LogP contribution in [0.1, 0.15) is 13.3 Å². The second-order valence-corrected chi connectivity index (χ2v) is 4.06. The van der Waals surface area contributed by atoms with Gasteiger partial charge in [-0.15, -0.1) is 0 Å². The number of halogens is 3. The summed E-state index contributed by atoms with van der Waals surface area (Å²) in [6.07, 6.45) is -3.06. The number of hydrogen-bond donors (Lipinski definition) is 1. The van der Waals surface area contributed by atoms with E-state index in [2.05, 4.69) is 10.1 Å². The minimum Gasteiger partial charge on any atom is -0.456 e. The number of ether oxygens (including phenoxy) is 1. The van der Waals surface area contributed by atoms with E-state index in [1.807, 2.05) is 0 Å². The highest BCUT2D eigenvalue weighted by Crippen LogP contribution is 2.32. The van der Waals surface area contributed by atoms with Crippen molar-refractivity contribution in [1.82, 2.24) is 5.32 Å². The van der Waals surface area contributed by atoms with Crippen molar-refractivity contribution in [3.05, 3.63) is 23.4 Å². The second-order valence-electron chi connectivity index (χ2n) is 4.06. The molecular formula is C12H11F3N2O3. The van der Waals surface area contributed by atoms with Gasteiger partial charge in [0.15, 0.2) is 6.61 Å². The van der Waals surface area contributed by atoms with Gasteiger partial charge in [-0.1, -0.05) is 6.08 Å². The molecule has 0 bridgehead atoms. The lowest BCUT2D eigenvalue weighted by atomic mass is 9.94. The average Bonchev–Trinajstić information content (AvgIpc) is 2.34. The summed E-state index contributed by atoms with van der Waals surface area (Å²) >= 11 is 0. The third-order valence-electron chi connectivity index (χ3n) is 2.35. The zero-order valence-electron chi connectivity index (χ0n) is 10.5. The molecule has 0 aliphatic heterocycles. The fourth-order valence-corrected chi connectivity index (χ4v) is 1.54. The van der Waals surface area contributed by atoms with Crippen LogP contribution in [-0.4, -0.2) is 24.7 Å². The van der Waals surface area contributed by atoms with Gasteiger partial charge in [0.05, 0.1) is 17.6 Å². The normalized spacial score (nSPS) is 18.4. The van der Waals surface area contributed by atoms with Crippen molar-refractivity contribution < 1.29 is 27.5 Å². The quantitative estimate of drug-likeness (QED) is 0.800. The average molecular weight is 288 g/mol. The summed E-state index contributed by atoms with van der Waals surface area (Å²) in [5.41, 5.74) is -1.03. The van der Waals surface area contributed by atoms with Gasteiger partial charge in [-0.05, 0) is 6.08 Å². The second kappa shape index (κ2) is 6.23. The maximum absolute atomic E-state index is 12.6. The fraction of sp³-hybridized carbons (Fsp3) is 0.417. The van der Waals surface area contributed by atoms with Gasteiger partial charge in [-0.3, -0.25) is 9.59 Å². The molecule has 8 heteroatoms. The van der Waals surface area contributed by atoms with Gasteiger partial charge in [0.2, 0.25) is 0 Å². The maximum atomic E-state index is 12.6. The smallest absolute Gasteiger partial charge is 0.416 e. The van der Waals surface area contributed by atoms with E-state index in [4.69, 9.17) is 5.26 Å². The summed E-state index contributed by atoms with van der Waals surface area (Å²) in [6, 6.07) is 1.71. The number of rotatable bonds is 3. The zero-order valence-corrected chi connectivity index (χ0v) is 10.5. The van der Waals surface area contributed by atoms with Crippen molar-refractivity contribution in [2.24, 2.45) is 5.92 Å². The Kier molecular flexibility index (Phi) is 4.91. The first-order chi connectivity index (χ1) is 9.22. The molecule has 1 atom stereocenters. The number of nitrogens with zero attached hydrogens (tertiary/aromatic N) is 1. The molecule has 0 aromatic carbocycles. The summed E-state index contributed by atoms with van der Waals surface area (Å²) in [4.78, 5) is 21.9. The molecule has 1 unspecified atom stereocenters. The number of amides is 1. The molecule has 0 heterocycles. The summed E-state index contributed by atoms with van der Waals surface area (Å²) < 4.78 is 42.2. The molecule has 1 N–H and O–H groups in total. The SMILES string of the molecule is CC(=O)OCC(=O)NC1=CC(C(F)(F)F)=CC(C#N)C1. The van der Waals surface area contributed by atoms with Crippen LogP contribution in [0.15, 0.2) is 23.4 Å². The molecule has 0 fully saturated rings.